The zero-order valence-electron chi connectivity index (χ0n) is 15.2. The molecule has 4 rings (SSSR count). The van der Waals surface area contributed by atoms with Gasteiger partial charge in [0.1, 0.15) is 11.4 Å². The van der Waals surface area contributed by atoms with E-state index in [-0.39, 0.29) is 0 Å². The van der Waals surface area contributed by atoms with Crippen molar-refractivity contribution in [1.82, 2.24) is 9.38 Å². The van der Waals surface area contributed by atoms with Crippen molar-refractivity contribution >= 4 is 22.6 Å². The number of aldehydes is 1. The second-order valence-corrected chi connectivity index (χ2v) is 7.21. The first-order valence-electron chi connectivity index (χ1n) is 8.42. The number of fused-ring (bicyclic) bond motifs is 1. The Hall–Kier alpha value is -3.12. The summed E-state index contributed by atoms with van der Waals surface area (Å²) in [5.41, 5.74) is 4.04. The Morgan fingerprint density at radius 2 is 1.74 bits per heavy atom. The molecule has 0 bridgehead atoms. The van der Waals surface area contributed by atoms with Crippen molar-refractivity contribution in [2.75, 3.05) is 14.2 Å². The van der Waals surface area contributed by atoms with Crippen molar-refractivity contribution in [2.45, 2.75) is 6.92 Å². The van der Waals surface area contributed by atoms with Gasteiger partial charge in [0.05, 0.1) is 19.9 Å². The van der Waals surface area contributed by atoms with Gasteiger partial charge in [0.25, 0.3) is 0 Å². The number of hydrogen-bond donors (Lipinski definition) is 0. The van der Waals surface area contributed by atoms with Crippen molar-refractivity contribution in [3.05, 3.63) is 59.1 Å². The van der Waals surface area contributed by atoms with Crippen LogP contribution in [0.2, 0.25) is 0 Å². The third-order valence-electron chi connectivity index (χ3n) is 4.50. The molecule has 4 aromatic rings. The maximum absolute atomic E-state index is 12.0. The van der Waals surface area contributed by atoms with Crippen LogP contribution in [0.5, 0.6) is 11.5 Å². The number of benzene rings is 2. The highest BCUT2D eigenvalue weighted by Crippen LogP contribution is 2.38. The normalized spacial score (nSPS) is 10.9. The second-order valence-electron chi connectivity index (χ2n) is 6.02. The van der Waals surface area contributed by atoms with Crippen molar-refractivity contribution < 1.29 is 14.3 Å². The SMILES string of the molecule is COc1ccc(-c2c(C)sc3nc(-c4ccccc4)c(C=O)n23)cc1OC. The van der Waals surface area contributed by atoms with Crippen LogP contribution in [0.4, 0.5) is 0 Å². The Labute approximate surface area is 160 Å². The number of rotatable bonds is 5. The molecule has 0 aliphatic rings. The average Bonchev–Trinajstić information content (AvgIpc) is 3.22. The number of imidazole rings is 1. The van der Waals surface area contributed by atoms with Crippen LogP contribution >= 0.6 is 11.3 Å². The Bertz CT molecular complexity index is 1130. The van der Waals surface area contributed by atoms with Gasteiger partial charge in [-0.15, -0.1) is 11.3 Å². The lowest BCUT2D eigenvalue weighted by Crippen LogP contribution is -1.96. The number of aromatic nitrogens is 2. The lowest BCUT2D eigenvalue weighted by Gasteiger charge is -2.10. The fraction of sp³-hybridized carbons (Fsp3) is 0.143. The zero-order valence-corrected chi connectivity index (χ0v) is 16.0. The molecule has 0 saturated carbocycles. The Morgan fingerprint density at radius 1 is 1.00 bits per heavy atom. The number of hydrogen-bond acceptors (Lipinski definition) is 5. The maximum Gasteiger partial charge on any atom is 0.195 e. The second kappa shape index (κ2) is 6.89. The molecule has 0 atom stereocenters. The monoisotopic (exact) mass is 378 g/mol. The summed E-state index contributed by atoms with van der Waals surface area (Å²) in [5.74, 6) is 1.31. The molecular formula is C21H18N2O3S. The van der Waals surface area contributed by atoms with Gasteiger partial charge in [-0.05, 0) is 25.1 Å². The van der Waals surface area contributed by atoms with E-state index in [1.165, 1.54) is 0 Å². The minimum atomic E-state index is 0.547. The molecule has 0 radical (unpaired) electrons. The Morgan fingerprint density at radius 3 is 2.41 bits per heavy atom. The fourth-order valence-corrected chi connectivity index (χ4v) is 4.27. The highest BCUT2D eigenvalue weighted by atomic mass is 32.1. The molecule has 0 unspecified atom stereocenters. The molecule has 0 aliphatic heterocycles. The number of thiazole rings is 1. The summed E-state index contributed by atoms with van der Waals surface area (Å²) in [5, 5.41) is 0. The summed E-state index contributed by atoms with van der Waals surface area (Å²) in [7, 11) is 3.22. The van der Waals surface area contributed by atoms with Gasteiger partial charge in [-0.25, -0.2) is 4.98 Å². The molecule has 0 amide bonds. The van der Waals surface area contributed by atoms with Crippen molar-refractivity contribution in [1.29, 1.82) is 0 Å². The minimum absolute atomic E-state index is 0.547. The summed E-state index contributed by atoms with van der Waals surface area (Å²) in [6, 6.07) is 15.5. The molecule has 0 saturated heterocycles. The quantitative estimate of drug-likeness (QED) is 0.465. The number of methoxy groups -OCH3 is 2. The van der Waals surface area contributed by atoms with Gasteiger partial charge in [-0.1, -0.05) is 30.3 Å². The first kappa shape index (κ1) is 17.3. The van der Waals surface area contributed by atoms with Crippen LogP contribution in [0.1, 0.15) is 15.4 Å². The van der Waals surface area contributed by atoms with Gasteiger partial charge < -0.3 is 9.47 Å². The standard InChI is InChI=1S/C21H18N2O3S/c1-13-20(15-9-10-17(25-2)18(11-15)26-3)23-16(12-24)19(22-21(23)27-13)14-7-5-4-6-8-14/h4-12H,1-3H3. The van der Waals surface area contributed by atoms with E-state index in [0.29, 0.717) is 22.9 Å². The number of nitrogens with zero attached hydrogens (tertiary/aromatic N) is 2. The van der Waals surface area contributed by atoms with E-state index in [9.17, 15) is 4.79 Å². The van der Waals surface area contributed by atoms with E-state index in [2.05, 4.69) is 0 Å². The maximum atomic E-state index is 12.0. The summed E-state index contributed by atoms with van der Waals surface area (Å²) in [6.45, 7) is 2.03. The molecule has 6 heteroatoms. The van der Waals surface area contributed by atoms with E-state index in [1.807, 2.05) is 59.9 Å². The molecule has 0 fully saturated rings. The molecule has 2 aromatic carbocycles. The largest absolute Gasteiger partial charge is 0.493 e. The number of aryl methyl sites for hydroxylation is 1. The summed E-state index contributed by atoms with van der Waals surface area (Å²) < 4.78 is 12.7. The van der Waals surface area contributed by atoms with Gasteiger partial charge in [0, 0.05) is 16.0 Å². The topological polar surface area (TPSA) is 52.8 Å². The fourth-order valence-electron chi connectivity index (χ4n) is 3.27. The van der Waals surface area contributed by atoms with Crippen LogP contribution in [0, 0.1) is 6.92 Å². The zero-order chi connectivity index (χ0) is 19.0. The third-order valence-corrected chi connectivity index (χ3v) is 5.46. The smallest absolute Gasteiger partial charge is 0.195 e. The van der Waals surface area contributed by atoms with Gasteiger partial charge in [-0.3, -0.25) is 9.20 Å². The van der Waals surface area contributed by atoms with Crippen LogP contribution in [-0.2, 0) is 0 Å². The predicted octanol–water partition coefficient (Wildman–Crippen LogP) is 4.87. The highest BCUT2D eigenvalue weighted by molar-refractivity contribution is 7.17. The Kier molecular flexibility index (Phi) is 4.41. The molecule has 2 aromatic heterocycles. The molecule has 2 heterocycles. The van der Waals surface area contributed by atoms with Gasteiger partial charge in [-0.2, -0.15) is 0 Å². The third kappa shape index (κ3) is 2.78. The van der Waals surface area contributed by atoms with Crippen LogP contribution in [-0.4, -0.2) is 29.9 Å². The van der Waals surface area contributed by atoms with Crippen LogP contribution in [0.25, 0.3) is 27.5 Å². The van der Waals surface area contributed by atoms with E-state index < -0.39 is 0 Å². The highest BCUT2D eigenvalue weighted by Gasteiger charge is 2.21. The number of carbonyl (C=O) groups is 1. The molecule has 5 nitrogen and oxygen atoms in total. The van der Waals surface area contributed by atoms with E-state index in [0.717, 1.165) is 32.9 Å². The molecule has 0 N–H and O–H groups in total. The van der Waals surface area contributed by atoms with E-state index >= 15 is 0 Å². The predicted molar refractivity (Wildman–Crippen MR) is 107 cm³/mol. The Balaban J connectivity index is 1.98. The number of ether oxygens (including phenoxy) is 2. The van der Waals surface area contributed by atoms with Crippen LogP contribution in [0.15, 0.2) is 48.5 Å². The molecule has 136 valence electrons. The average molecular weight is 378 g/mol. The lowest BCUT2D eigenvalue weighted by atomic mass is 10.1. The summed E-state index contributed by atoms with van der Waals surface area (Å²) >= 11 is 1.56. The molecule has 27 heavy (non-hydrogen) atoms. The van der Waals surface area contributed by atoms with Crippen molar-refractivity contribution in [2.24, 2.45) is 0 Å². The molecule has 0 aliphatic carbocycles. The van der Waals surface area contributed by atoms with Crippen molar-refractivity contribution in [3.63, 3.8) is 0 Å². The minimum Gasteiger partial charge on any atom is -0.493 e. The lowest BCUT2D eigenvalue weighted by molar-refractivity contribution is 0.111. The van der Waals surface area contributed by atoms with Gasteiger partial charge in [0.2, 0.25) is 0 Å². The van der Waals surface area contributed by atoms with Gasteiger partial charge in [0.15, 0.2) is 22.7 Å². The molecular weight excluding hydrogens is 360 g/mol. The summed E-state index contributed by atoms with van der Waals surface area (Å²) in [6.07, 6.45) is 0.874. The van der Waals surface area contributed by atoms with Gasteiger partial charge >= 0.3 is 0 Å². The summed E-state index contributed by atoms with van der Waals surface area (Å²) in [4.78, 5) is 18.6. The number of carbonyl (C=O) groups excluding carboxylic acids is 1. The van der Waals surface area contributed by atoms with Crippen LogP contribution in [0.3, 0.4) is 0 Å². The van der Waals surface area contributed by atoms with E-state index in [4.69, 9.17) is 14.5 Å². The molecule has 0 spiro atoms. The van der Waals surface area contributed by atoms with Crippen molar-refractivity contribution in [3.8, 4) is 34.0 Å². The van der Waals surface area contributed by atoms with Crippen LogP contribution < -0.4 is 9.47 Å². The van der Waals surface area contributed by atoms with E-state index in [1.54, 1.807) is 25.6 Å². The first-order chi connectivity index (χ1) is 13.2. The first-order valence-corrected chi connectivity index (χ1v) is 9.24.